The van der Waals surface area contributed by atoms with E-state index < -0.39 is 4.92 Å². The zero-order valence-corrected chi connectivity index (χ0v) is 10.4. The number of hydrogen-bond acceptors (Lipinski definition) is 4. The molecule has 1 N–H and O–H groups in total. The number of ether oxygens (including phenoxy) is 1. The molecule has 2 rings (SSSR count). The molecule has 0 aromatic heterocycles. The quantitative estimate of drug-likeness (QED) is 0.676. The number of aryl methyl sites for hydroxylation is 1. The van der Waals surface area contributed by atoms with E-state index in [9.17, 15) is 15.2 Å². The van der Waals surface area contributed by atoms with Crippen LogP contribution in [0.2, 0.25) is 0 Å². The molecule has 0 fully saturated rings. The molecule has 0 unspecified atom stereocenters. The summed E-state index contributed by atoms with van der Waals surface area (Å²) in [5.74, 6) is 0.577. The summed E-state index contributed by atoms with van der Waals surface area (Å²) in [6.45, 7) is 1.71. The van der Waals surface area contributed by atoms with Crippen LogP contribution in [0.3, 0.4) is 0 Å². The third-order valence-corrected chi connectivity index (χ3v) is 2.67. The predicted octanol–water partition coefficient (Wildman–Crippen LogP) is 3.19. The summed E-state index contributed by atoms with van der Waals surface area (Å²) in [7, 11) is 0. The van der Waals surface area contributed by atoms with E-state index in [0.29, 0.717) is 11.3 Å². The zero-order chi connectivity index (χ0) is 13.8. The Kier molecular flexibility index (Phi) is 3.77. The highest BCUT2D eigenvalue weighted by molar-refractivity contribution is 5.49. The van der Waals surface area contributed by atoms with Crippen molar-refractivity contribution in [3.05, 3.63) is 63.7 Å². The van der Waals surface area contributed by atoms with Gasteiger partial charge in [-0.2, -0.15) is 0 Å². The van der Waals surface area contributed by atoms with Crippen LogP contribution in [0.25, 0.3) is 0 Å². The Labute approximate surface area is 110 Å². The molecule has 0 aliphatic rings. The number of hydrogen-bond donors (Lipinski definition) is 1. The van der Waals surface area contributed by atoms with Gasteiger partial charge in [-0.05, 0) is 19.1 Å². The summed E-state index contributed by atoms with van der Waals surface area (Å²) >= 11 is 0. The first kappa shape index (κ1) is 13.0. The monoisotopic (exact) mass is 259 g/mol. The van der Waals surface area contributed by atoms with Crippen molar-refractivity contribution in [3.8, 4) is 11.5 Å². The standard InChI is InChI=1S/C14H13NO4/c1-10-6-7-13(11(8-10)9-16)19-14-5-3-2-4-12(14)15(17)18/h2-8,16H,9H2,1H3. The second kappa shape index (κ2) is 5.49. The molecule has 0 radical (unpaired) electrons. The fraction of sp³-hybridized carbons (Fsp3) is 0.143. The number of nitro groups is 1. The van der Waals surface area contributed by atoms with Gasteiger partial charge in [0.25, 0.3) is 0 Å². The first-order valence-electron chi connectivity index (χ1n) is 5.73. The first-order valence-corrected chi connectivity index (χ1v) is 5.73. The van der Waals surface area contributed by atoms with Crippen LogP contribution in [0.4, 0.5) is 5.69 Å². The van der Waals surface area contributed by atoms with E-state index in [1.165, 1.54) is 12.1 Å². The molecule has 2 aromatic carbocycles. The third-order valence-electron chi connectivity index (χ3n) is 2.67. The molecule has 0 atom stereocenters. The highest BCUT2D eigenvalue weighted by atomic mass is 16.6. The van der Waals surface area contributed by atoms with E-state index in [-0.39, 0.29) is 18.0 Å². The van der Waals surface area contributed by atoms with Crippen molar-refractivity contribution in [1.82, 2.24) is 0 Å². The molecule has 5 nitrogen and oxygen atoms in total. The fourth-order valence-corrected chi connectivity index (χ4v) is 1.74. The predicted molar refractivity (Wildman–Crippen MR) is 70.3 cm³/mol. The Morgan fingerprint density at radius 2 is 1.95 bits per heavy atom. The van der Waals surface area contributed by atoms with Crippen molar-refractivity contribution in [2.75, 3.05) is 0 Å². The molecule has 0 saturated carbocycles. The van der Waals surface area contributed by atoms with Crippen molar-refractivity contribution in [2.24, 2.45) is 0 Å². The Morgan fingerprint density at radius 3 is 2.63 bits per heavy atom. The van der Waals surface area contributed by atoms with Crippen LogP contribution in [0.15, 0.2) is 42.5 Å². The number of nitrogens with zero attached hydrogens (tertiary/aromatic N) is 1. The van der Waals surface area contributed by atoms with E-state index in [1.54, 1.807) is 24.3 Å². The average molecular weight is 259 g/mol. The van der Waals surface area contributed by atoms with Crippen LogP contribution in [0.5, 0.6) is 11.5 Å². The number of benzene rings is 2. The maximum atomic E-state index is 10.9. The average Bonchev–Trinajstić information content (AvgIpc) is 2.41. The van der Waals surface area contributed by atoms with Gasteiger partial charge in [0.1, 0.15) is 5.75 Å². The van der Waals surface area contributed by atoms with Gasteiger partial charge in [0.05, 0.1) is 11.5 Å². The molecular formula is C14H13NO4. The summed E-state index contributed by atoms with van der Waals surface area (Å²) in [6, 6.07) is 11.4. The van der Waals surface area contributed by atoms with Crippen molar-refractivity contribution in [2.45, 2.75) is 13.5 Å². The normalized spacial score (nSPS) is 10.2. The van der Waals surface area contributed by atoms with Crippen molar-refractivity contribution in [1.29, 1.82) is 0 Å². The van der Waals surface area contributed by atoms with Crippen LogP contribution in [-0.4, -0.2) is 10.0 Å². The summed E-state index contributed by atoms with van der Waals surface area (Å²) in [4.78, 5) is 10.4. The second-order valence-corrected chi connectivity index (χ2v) is 4.10. The van der Waals surface area contributed by atoms with E-state index in [0.717, 1.165) is 5.56 Å². The van der Waals surface area contributed by atoms with E-state index in [2.05, 4.69) is 0 Å². The first-order chi connectivity index (χ1) is 9.11. The minimum absolute atomic E-state index is 0.105. The Morgan fingerprint density at radius 1 is 1.21 bits per heavy atom. The SMILES string of the molecule is Cc1ccc(Oc2ccccc2[N+](=O)[O-])c(CO)c1. The van der Waals surface area contributed by atoms with Gasteiger partial charge in [-0.3, -0.25) is 10.1 Å². The third kappa shape index (κ3) is 2.89. The molecule has 5 heteroatoms. The van der Waals surface area contributed by atoms with Gasteiger partial charge in [0, 0.05) is 11.6 Å². The van der Waals surface area contributed by atoms with Gasteiger partial charge in [-0.25, -0.2) is 0 Å². The van der Waals surface area contributed by atoms with Gasteiger partial charge in [0.15, 0.2) is 0 Å². The van der Waals surface area contributed by atoms with Crippen LogP contribution < -0.4 is 4.74 Å². The highest BCUT2D eigenvalue weighted by Gasteiger charge is 2.15. The summed E-state index contributed by atoms with van der Waals surface area (Å²) in [5.41, 5.74) is 1.48. The molecule has 0 saturated heterocycles. The highest BCUT2D eigenvalue weighted by Crippen LogP contribution is 2.32. The number of rotatable bonds is 4. The maximum absolute atomic E-state index is 10.9. The summed E-state index contributed by atoms with van der Waals surface area (Å²) in [6.07, 6.45) is 0. The lowest BCUT2D eigenvalue weighted by molar-refractivity contribution is -0.385. The lowest BCUT2D eigenvalue weighted by Gasteiger charge is -2.10. The van der Waals surface area contributed by atoms with Gasteiger partial charge in [-0.15, -0.1) is 0 Å². The second-order valence-electron chi connectivity index (χ2n) is 4.10. The van der Waals surface area contributed by atoms with Crippen molar-refractivity contribution >= 4 is 5.69 Å². The lowest BCUT2D eigenvalue weighted by atomic mass is 10.1. The maximum Gasteiger partial charge on any atom is 0.311 e. The van der Waals surface area contributed by atoms with Gasteiger partial charge in [-0.1, -0.05) is 29.8 Å². The van der Waals surface area contributed by atoms with E-state index in [1.807, 2.05) is 13.0 Å². The molecule has 0 heterocycles. The van der Waals surface area contributed by atoms with Gasteiger partial charge < -0.3 is 9.84 Å². The number of para-hydroxylation sites is 2. The molecule has 2 aromatic rings. The minimum atomic E-state index is -0.498. The van der Waals surface area contributed by atoms with Crippen molar-refractivity contribution in [3.63, 3.8) is 0 Å². The molecule has 0 bridgehead atoms. The van der Waals surface area contributed by atoms with Crippen molar-refractivity contribution < 1.29 is 14.8 Å². The Bertz CT molecular complexity index is 610. The van der Waals surface area contributed by atoms with Crippen LogP contribution in [0.1, 0.15) is 11.1 Å². The Balaban J connectivity index is 2.39. The molecule has 0 spiro atoms. The molecule has 98 valence electrons. The topological polar surface area (TPSA) is 72.6 Å². The summed E-state index contributed by atoms with van der Waals surface area (Å²) < 4.78 is 5.55. The largest absolute Gasteiger partial charge is 0.450 e. The van der Waals surface area contributed by atoms with Gasteiger partial charge >= 0.3 is 5.69 Å². The van der Waals surface area contributed by atoms with Gasteiger partial charge in [0.2, 0.25) is 5.75 Å². The molecule has 0 amide bonds. The smallest absolute Gasteiger partial charge is 0.311 e. The minimum Gasteiger partial charge on any atom is -0.450 e. The number of aliphatic hydroxyl groups is 1. The Hall–Kier alpha value is -2.40. The van der Waals surface area contributed by atoms with Crippen LogP contribution in [0, 0.1) is 17.0 Å². The zero-order valence-electron chi connectivity index (χ0n) is 10.4. The number of nitro benzene ring substituents is 1. The van der Waals surface area contributed by atoms with Crippen LogP contribution in [-0.2, 0) is 6.61 Å². The molecule has 0 aliphatic carbocycles. The molecular weight excluding hydrogens is 246 g/mol. The number of aliphatic hydroxyl groups excluding tert-OH is 1. The molecule has 19 heavy (non-hydrogen) atoms. The van der Waals surface area contributed by atoms with Crippen LogP contribution >= 0.6 is 0 Å². The lowest BCUT2D eigenvalue weighted by Crippen LogP contribution is -1.96. The van der Waals surface area contributed by atoms with E-state index >= 15 is 0 Å². The fourth-order valence-electron chi connectivity index (χ4n) is 1.74. The molecule has 0 aliphatic heterocycles. The summed E-state index contributed by atoms with van der Waals surface area (Å²) in [5, 5.41) is 20.2. The van der Waals surface area contributed by atoms with E-state index in [4.69, 9.17) is 4.74 Å².